The standard InChI is InChI=1S/C12H19FO.C3H8/c1-3-7-10(4-2)12(11(13)14)8-5-6-9-12;1-3-2/h3-4,7,11,14H,5-6,8-9H2,1-2H3;3H2,1-2H3/b7-3-,10-4+;. The fraction of sp³-hybridized carbons (Fsp3) is 0.733. The van der Waals surface area contributed by atoms with Crippen LogP contribution in [0.1, 0.15) is 59.8 Å². The summed E-state index contributed by atoms with van der Waals surface area (Å²) in [5.41, 5.74) is 0.314. The molecule has 1 aliphatic carbocycles. The minimum atomic E-state index is -1.73. The van der Waals surface area contributed by atoms with Gasteiger partial charge in [-0.1, -0.05) is 51.3 Å². The first-order valence-corrected chi connectivity index (χ1v) is 6.70. The predicted octanol–water partition coefficient (Wildman–Crippen LogP) is 4.77. The third kappa shape index (κ3) is 4.27. The number of hydrogen-bond acceptors (Lipinski definition) is 1. The van der Waals surface area contributed by atoms with Gasteiger partial charge in [0.25, 0.3) is 0 Å². The van der Waals surface area contributed by atoms with E-state index in [4.69, 9.17) is 0 Å². The SMILES string of the molecule is C/C=C\C(=C/C)C1(C(O)F)CCCC1.CCC. The number of halogens is 1. The van der Waals surface area contributed by atoms with Crippen LogP contribution in [0.5, 0.6) is 0 Å². The van der Waals surface area contributed by atoms with Crippen molar-refractivity contribution in [3.8, 4) is 0 Å². The Morgan fingerprint density at radius 3 is 2.06 bits per heavy atom. The lowest BCUT2D eigenvalue weighted by molar-refractivity contribution is -0.0508. The van der Waals surface area contributed by atoms with Crippen LogP contribution in [-0.4, -0.2) is 11.5 Å². The lowest BCUT2D eigenvalue weighted by atomic mass is 9.78. The maximum absolute atomic E-state index is 13.3. The zero-order chi connectivity index (χ0) is 13.3. The van der Waals surface area contributed by atoms with Crippen LogP contribution < -0.4 is 0 Å². The zero-order valence-corrected chi connectivity index (χ0v) is 11.7. The number of hydrogen-bond donors (Lipinski definition) is 1. The Labute approximate surface area is 105 Å². The molecule has 0 amide bonds. The summed E-state index contributed by atoms with van der Waals surface area (Å²) in [6, 6.07) is 0. The van der Waals surface area contributed by atoms with Gasteiger partial charge in [0.2, 0.25) is 6.36 Å². The second-order valence-electron chi connectivity index (χ2n) is 4.65. The number of aliphatic hydroxyl groups excluding tert-OH is 1. The minimum Gasteiger partial charge on any atom is -0.363 e. The first kappa shape index (κ1) is 16.4. The van der Waals surface area contributed by atoms with Crippen molar-refractivity contribution < 1.29 is 9.50 Å². The molecule has 17 heavy (non-hydrogen) atoms. The van der Waals surface area contributed by atoms with Crippen LogP contribution in [0.4, 0.5) is 4.39 Å². The van der Waals surface area contributed by atoms with E-state index in [0.29, 0.717) is 0 Å². The van der Waals surface area contributed by atoms with Crippen molar-refractivity contribution in [2.45, 2.75) is 66.2 Å². The maximum atomic E-state index is 13.3. The summed E-state index contributed by atoms with van der Waals surface area (Å²) in [4.78, 5) is 0. The zero-order valence-electron chi connectivity index (χ0n) is 11.7. The summed E-state index contributed by atoms with van der Waals surface area (Å²) in [5, 5.41) is 9.29. The third-order valence-corrected chi connectivity index (χ3v) is 3.18. The van der Waals surface area contributed by atoms with E-state index in [1.165, 1.54) is 6.42 Å². The molecule has 0 heterocycles. The molecule has 1 saturated carbocycles. The number of rotatable bonds is 3. The van der Waals surface area contributed by atoms with E-state index in [9.17, 15) is 9.50 Å². The molecular formula is C15H27FO. The normalized spacial score (nSPS) is 21.2. The molecule has 0 aromatic carbocycles. The van der Waals surface area contributed by atoms with Gasteiger partial charge in [-0.2, -0.15) is 0 Å². The highest BCUT2D eigenvalue weighted by Gasteiger charge is 2.42. The molecule has 0 bridgehead atoms. The van der Waals surface area contributed by atoms with Gasteiger partial charge >= 0.3 is 0 Å². The van der Waals surface area contributed by atoms with Gasteiger partial charge in [0.15, 0.2) is 0 Å². The topological polar surface area (TPSA) is 20.2 Å². The van der Waals surface area contributed by atoms with Crippen LogP contribution in [0.2, 0.25) is 0 Å². The molecule has 1 N–H and O–H groups in total. The molecule has 1 atom stereocenters. The Hall–Kier alpha value is -0.630. The summed E-state index contributed by atoms with van der Waals surface area (Å²) in [5.74, 6) is 0. The molecular weight excluding hydrogens is 215 g/mol. The molecule has 1 rings (SSSR count). The van der Waals surface area contributed by atoms with Gasteiger partial charge in [-0.3, -0.25) is 0 Å². The summed E-state index contributed by atoms with van der Waals surface area (Å²) in [6.45, 7) is 8.06. The van der Waals surface area contributed by atoms with Crippen molar-refractivity contribution in [2.24, 2.45) is 5.41 Å². The monoisotopic (exact) mass is 242 g/mol. The highest BCUT2D eigenvalue weighted by Crippen LogP contribution is 2.47. The van der Waals surface area contributed by atoms with E-state index in [1.54, 1.807) is 0 Å². The highest BCUT2D eigenvalue weighted by molar-refractivity contribution is 5.28. The molecule has 1 unspecified atom stereocenters. The molecule has 2 heteroatoms. The predicted molar refractivity (Wildman–Crippen MR) is 72.6 cm³/mol. The smallest absolute Gasteiger partial charge is 0.206 e. The van der Waals surface area contributed by atoms with Crippen molar-refractivity contribution in [2.75, 3.05) is 0 Å². The average molecular weight is 242 g/mol. The fourth-order valence-electron chi connectivity index (χ4n) is 2.40. The lowest BCUT2D eigenvalue weighted by Crippen LogP contribution is -2.30. The first-order valence-electron chi connectivity index (χ1n) is 6.70. The second-order valence-corrected chi connectivity index (χ2v) is 4.65. The molecule has 0 aromatic rings. The van der Waals surface area contributed by atoms with Crippen molar-refractivity contribution in [3.05, 3.63) is 23.8 Å². The quantitative estimate of drug-likeness (QED) is 0.706. The third-order valence-electron chi connectivity index (χ3n) is 3.18. The maximum Gasteiger partial charge on any atom is 0.206 e. The number of alkyl halides is 1. The molecule has 0 radical (unpaired) electrons. The molecule has 0 aliphatic heterocycles. The molecule has 0 spiro atoms. The fourth-order valence-corrected chi connectivity index (χ4v) is 2.40. The molecule has 1 fully saturated rings. The largest absolute Gasteiger partial charge is 0.363 e. The van der Waals surface area contributed by atoms with Gasteiger partial charge in [0, 0.05) is 0 Å². The van der Waals surface area contributed by atoms with E-state index in [1.807, 2.05) is 32.1 Å². The van der Waals surface area contributed by atoms with Crippen LogP contribution in [0.25, 0.3) is 0 Å². The Balaban J connectivity index is 0.000000770. The van der Waals surface area contributed by atoms with Crippen LogP contribution in [0.3, 0.4) is 0 Å². The van der Waals surface area contributed by atoms with Gasteiger partial charge in [0.05, 0.1) is 5.41 Å². The molecule has 100 valence electrons. The van der Waals surface area contributed by atoms with Crippen molar-refractivity contribution in [1.82, 2.24) is 0 Å². The van der Waals surface area contributed by atoms with Crippen LogP contribution in [-0.2, 0) is 0 Å². The van der Waals surface area contributed by atoms with Crippen LogP contribution in [0.15, 0.2) is 23.8 Å². The van der Waals surface area contributed by atoms with Crippen molar-refractivity contribution in [1.29, 1.82) is 0 Å². The summed E-state index contributed by atoms with van der Waals surface area (Å²) in [6.07, 6.45) is 8.78. The number of allylic oxidation sites excluding steroid dienone is 3. The van der Waals surface area contributed by atoms with E-state index >= 15 is 0 Å². The number of aliphatic hydroxyl groups is 1. The van der Waals surface area contributed by atoms with E-state index in [0.717, 1.165) is 31.3 Å². The van der Waals surface area contributed by atoms with E-state index < -0.39 is 11.8 Å². The van der Waals surface area contributed by atoms with Gasteiger partial charge in [0.1, 0.15) is 0 Å². The van der Waals surface area contributed by atoms with Crippen molar-refractivity contribution >= 4 is 0 Å². The van der Waals surface area contributed by atoms with Gasteiger partial charge in [-0.15, -0.1) is 0 Å². The lowest BCUT2D eigenvalue weighted by Gasteiger charge is -2.30. The molecule has 1 aliphatic rings. The molecule has 0 saturated heterocycles. The minimum absolute atomic E-state index is 0.624. The highest BCUT2D eigenvalue weighted by atomic mass is 19.1. The van der Waals surface area contributed by atoms with E-state index in [2.05, 4.69) is 13.8 Å². The summed E-state index contributed by atoms with van der Waals surface area (Å²) in [7, 11) is 0. The van der Waals surface area contributed by atoms with Gasteiger partial charge < -0.3 is 5.11 Å². The Kier molecular flexibility index (Phi) is 8.15. The van der Waals surface area contributed by atoms with Gasteiger partial charge in [-0.25, -0.2) is 4.39 Å². The Morgan fingerprint density at radius 2 is 1.76 bits per heavy atom. The van der Waals surface area contributed by atoms with Crippen LogP contribution in [0, 0.1) is 5.41 Å². The Morgan fingerprint density at radius 1 is 1.29 bits per heavy atom. The summed E-state index contributed by atoms with van der Waals surface area (Å²) < 4.78 is 13.3. The summed E-state index contributed by atoms with van der Waals surface area (Å²) >= 11 is 0. The van der Waals surface area contributed by atoms with Gasteiger partial charge in [-0.05, 0) is 32.3 Å². The molecule has 0 aromatic heterocycles. The van der Waals surface area contributed by atoms with Crippen molar-refractivity contribution in [3.63, 3.8) is 0 Å². The van der Waals surface area contributed by atoms with E-state index in [-0.39, 0.29) is 0 Å². The molecule has 1 nitrogen and oxygen atoms in total. The second kappa shape index (κ2) is 8.46. The first-order chi connectivity index (χ1) is 8.08. The Bertz CT molecular complexity index is 248. The average Bonchev–Trinajstić information content (AvgIpc) is 2.77. The van der Waals surface area contributed by atoms with Crippen LogP contribution >= 0.6 is 0 Å².